The number of hydrogen-bond acceptors (Lipinski definition) is 3. The summed E-state index contributed by atoms with van der Waals surface area (Å²) in [6.45, 7) is 0.678. The van der Waals surface area contributed by atoms with Crippen molar-refractivity contribution in [3.8, 4) is 11.3 Å². The molecule has 0 aliphatic heterocycles. The minimum Gasteiger partial charge on any atom is -0.353 e. The highest BCUT2D eigenvalue weighted by atomic mass is 19.1. The second-order valence-corrected chi connectivity index (χ2v) is 6.64. The van der Waals surface area contributed by atoms with Gasteiger partial charge < -0.3 is 9.88 Å². The molecule has 0 bridgehead atoms. The maximum absolute atomic E-state index is 13.5. The number of nitrogens with one attached hydrogen (secondary N) is 1. The molecule has 0 fully saturated rings. The van der Waals surface area contributed by atoms with Crippen molar-refractivity contribution in [1.29, 1.82) is 0 Å². The highest BCUT2D eigenvalue weighted by Crippen LogP contribution is 2.17. The predicted molar refractivity (Wildman–Crippen MR) is 109 cm³/mol. The van der Waals surface area contributed by atoms with E-state index in [1.807, 2.05) is 47.2 Å². The summed E-state index contributed by atoms with van der Waals surface area (Å²) in [7, 11) is 0. The van der Waals surface area contributed by atoms with E-state index >= 15 is 0 Å². The van der Waals surface area contributed by atoms with Crippen LogP contribution in [0.15, 0.2) is 77.7 Å². The smallest absolute Gasteiger partial charge is 0.267 e. The van der Waals surface area contributed by atoms with E-state index in [1.54, 1.807) is 12.1 Å². The maximum atomic E-state index is 13.5. The van der Waals surface area contributed by atoms with Crippen LogP contribution in [0.25, 0.3) is 22.2 Å². The Hall–Kier alpha value is -3.74. The molecule has 0 spiro atoms. The van der Waals surface area contributed by atoms with Crippen molar-refractivity contribution in [2.45, 2.75) is 13.1 Å². The van der Waals surface area contributed by atoms with Crippen molar-refractivity contribution < 1.29 is 9.18 Å². The Labute approximate surface area is 166 Å². The molecule has 2 aromatic carbocycles. The number of hydrogen-bond donors (Lipinski definition) is 1. The Morgan fingerprint density at radius 3 is 2.69 bits per heavy atom. The Bertz CT molecular complexity index is 1210. The number of rotatable bonds is 6. The molecule has 1 N–H and O–H groups in total. The molecule has 7 heteroatoms. The third-order valence-electron chi connectivity index (χ3n) is 4.64. The molecule has 146 valence electrons. The summed E-state index contributed by atoms with van der Waals surface area (Å²) in [5.74, 6) is -0.613. The molecular formula is C22H19FN4O2. The third kappa shape index (κ3) is 4.24. The first-order chi connectivity index (χ1) is 14.1. The number of fused-ring (bicyclic) bond motifs is 1. The summed E-state index contributed by atoms with van der Waals surface area (Å²) in [4.78, 5) is 24.3. The largest absolute Gasteiger partial charge is 0.353 e. The van der Waals surface area contributed by atoms with Gasteiger partial charge in [-0.2, -0.15) is 5.10 Å². The van der Waals surface area contributed by atoms with Crippen molar-refractivity contribution >= 4 is 16.8 Å². The summed E-state index contributed by atoms with van der Waals surface area (Å²) in [5.41, 5.74) is 1.92. The lowest BCUT2D eigenvalue weighted by molar-refractivity contribution is -0.121. The number of carbonyl (C=O) groups excluding carboxylic acids is 1. The van der Waals surface area contributed by atoms with Crippen LogP contribution in [0.3, 0.4) is 0 Å². The predicted octanol–water partition coefficient (Wildman–Crippen LogP) is 2.82. The molecule has 0 radical (unpaired) electrons. The number of carbonyl (C=O) groups is 1. The molecule has 4 rings (SSSR count). The summed E-state index contributed by atoms with van der Waals surface area (Å²) >= 11 is 0. The summed E-state index contributed by atoms with van der Waals surface area (Å²) in [6.07, 6.45) is 1.85. The van der Waals surface area contributed by atoms with Crippen molar-refractivity contribution in [3.05, 3.63) is 89.1 Å². The van der Waals surface area contributed by atoms with Crippen molar-refractivity contribution in [1.82, 2.24) is 19.7 Å². The maximum Gasteiger partial charge on any atom is 0.267 e. The van der Waals surface area contributed by atoms with E-state index in [1.165, 1.54) is 18.2 Å². The first-order valence-corrected chi connectivity index (χ1v) is 9.25. The molecule has 4 aromatic rings. The van der Waals surface area contributed by atoms with E-state index in [4.69, 9.17) is 0 Å². The van der Waals surface area contributed by atoms with E-state index in [0.29, 0.717) is 18.8 Å². The van der Waals surface area contributed by atoms with Gasteiger partial charge in [-0.25, -0.2) is 9.07 Å². The summed E-state index contributed by atoms with van der Waals surface area (Å²) in [6, 6.07) is 19.0. The highest BCUT2D eigenvalue weighted by Gasteiger charge is 2.08. The number of nitrogens with zero attached hydrogens (tertiary/aromatic N) is 3. The van der Waals surface area contributed by atoms with E-state index in [2.05, 4.69) is 10.4 Å². The Balaban J connectivity index is 1.39. The Kier molecular flexibility index (Phi) is 5.20. The standard InChI is InChI=1S/C22H19FN4O2/c23-18-7-6-17-10-12-26(20(17)14-18)13-11-24-21(28)15-27-22(29)9-8-19(25-27)16-4-2-1-3-5-16/h1-10,12,14H,11,13,15H2,(H,24,28). The van der Waals surface area contributed by atoms with Crippen LogP contribution in [0, 0.1) is 5.82 Å². The fraction of sp³-hybridized carbons (Fsp3) is 0.136. The van der Waals surface area contributed by atoms with Crippen LogP contribution < -0.4 is 10.9 Å². The molecule has 0 atom stereocenters. The van der Waals surface area contributed by atoms with Crippen LogP contribution in [-0.4, -0.2) is 26.8 Å². The first-order valence-electron chi connectivity index (χ1n) is 9.25. The lowest BCUT2D eigenvalue weighted by Gasteiger charge is -2.09. The zero-order valence-corrected chi connectivity index (χ0v) is 15.6. The van der Waals surface area contributed by atoms with Gasteiger partial charge in [0, 0.05) is 30.9 Å². The highest BCUT2D eigenvalue weighted by molar-refractivity contribution is 5.80. The number of amides is 1. The summed E-state index contributed by atoms with van der Waals surface area (Å²) < 4.78 is 16.5. The molecule has 0 saturated carbocycles. The van der Waals surface area contributed by atoms with Crippen LogP contribution in [-0.2, 0) is 17.9 Å². The molecule has 0 aliphatic carbocycles. The van der Waals surface area contributed by atoms with Crippen LogP contribution in [0.1, 0.15) is 0 Å². The quantitative estimate of drug-likeness (QED) is 0.550. The fourth-order valence-corrected chi connectivity index (χ4v) is 3.18. The molecule has 6 nitrogen and oxygen atoms in total. The Morgan fingerprint density at radius 2 is 1.86 bits per heavy atom. The van der Waals surface area contributed by atoms with Gasteiger partial charge in [-0.3, -0.25) is 9.59 Å². The molecule has 2 aromatic heterocycles. The van der Waals surface area contributed by atoms with Gasteiger partial charge in [0.05, 0.1) is 11.2 Å². The van der Waals surface area contributed by atoms with Gasteiger partial charge in [0.15, 0.2) is 0 Å². The topological polar surface area (TPSA) is 68.9 Å². The van der Waals surface area contributed by atoms with E-state index in [-0.39, 0.29) is 23.8 Å². The monoisotopic (exact) mass is 390 g/mol. The van der Waals surface area contributed by atoms with Gasteiger partial charge in [0.2, 0.25) is 5.91 Å². The lowest BCUT2D eigenvalue weighted by atomic mass is 10.1. The number of benzene rings is 2. The summed E-state index contributed by atoms with van der Waals surface area (Å²) in [5, 5.41) is 8.01. The fourth-order valence-electron chi connectivity index (χ4n) is 3.18. The molecular weight excluding hydrogens is 371 g/mol. The van der Waals surface area contributed by atoms with Crippen LogP contribution in [0.5, 0.6) is 0 Å². The molecule has 29 heavy (non-hydrogen) atoms. The van der Waals surface area contributed by atoms with Gasteiger partial charge in [0.25, 0.3) is 5.56 Å². The van der Waals surface area contributed by atoms with Crippen LogP contribution in [0.4, 0.5) is 4.39 Å². The zero-order chi connectivity index (χ0) is 20.2. The number of halogens is 1. The molecule has 1 amide bonds. The number of aromatic nitrogens is 3. The van der Waals surface area contributed by atoms with Crippen LogP contribution in [0.2, 0.25) is 0 Å². The first kappa shape index (κ1) is 18.6. The van der Waals surface area contributed by atoms with Gasteiger partial charge in [0.1, 0.15) is 12.4 Å². The van der Waals surface area contributed by atoms with Gasteiger partial charge in [-0.1, -0.05) is 30.3 Å². The van der Waals surface area contributed by atoms with Gasteiger partial charge in [-0.15, -0.1) is 0 Å². The normalized spacial score (nSPS) is 10.9. The minimum atomic E-state index is -0.341. The van der Waals surface area contributed by atoms with Gasteiger partial charge in [-0.05, 0) is 35.7 Å². The van der Waals surface area contributed by atoms with E-state index in [9.17, 15) is 14.0 Å². The Morgan fingerprint density at radius 1 is 1.03 bits per heavy atom. The van der Waals surface area contributed by atoms with Crippen LogP contribution >= 0.6 is 0 Å². The SMILES string of the molecule is O=C(Cn1nc(-c2ccccc2)ccc1=O)NCCn1ccc2ccc(F)cc21. The second kappa shape index (κ2) is 8.10. The van der Waals surface area contributed by atoms with Crippen molar-refractivity contribution in [3.63, 3.8) is 0 Å². The van der Waals surface area contributed by atoms with E-state index in [0.717, 1.165) is 21.1 Å². The molecule has 0 unspecified atom stereocenters. The second-order valence-electron chi connectivity index (χ2n) is 6.64. The zero-order valence-electron chi connectivity index (χ0n) is 15.6. The minimum absolute atomic E-state index is 0.166. The molecule has 0 aliphatic rings. The lowest BCUT2D eigenvalue weighted by Crippen LogP contribution is -2.35. The van der Waals surface area contributed by atoms with Gasteiger partial charge >= 0.3 is 0 Å². The third-order valence-corrected chi connectivity index (χ3v) is 4.64. The van der Waals surface area contributed by atoms with Crippen molar-refractivity contribution in [2.75, 3.05) is 6.54 Å². The average molecular weight is 390 g/mol. The molecule has 2 heterocycles. The van der Waals surface area contributed by atoms with Crippen molar-refractivity contribution in [2.24, 2.45) is 0 Å². The molecule has 0 saturated heterocycles. The van der Waals surface area contributed by atoms with E-state index < -0.39 is 0 Å². The average Bonchev–Trinajstić information content (AvgIpc) is 3.12.